The van der Waals surface area contributed by atoms with Crippen LogP contribution in [0.4, 0.5) is 21.7 Å². The van der Waals surface area contributed by atoms with Crippen molar-refractivity contribution in [3.8, 4) is 11.5 Å². The Morgan fingerprint density at radius 1 is 1.06 bits per heavy atom. The number of para-hydroxylation sites is 1. The number of hydrogen-bond donors (Lipinski definition) is 4. The highest BCUT2D eigenvalue weighted by atomic mass is 19.1. The van der Waals surface area contributed by atoms with Crippen LogP contribution in [-0.4, -0.2) is 30.1 Å². The number of hydrogen-bond acceptors (Lipinski definition) is 6. The van der Waals surface area contributed by atoms with Crippen molar-refractivity contribution in [2.24, 2.45) is 5.73 Å². The number of benzene rings is 2. The number of rotatable bonds is 8. The van der Waals surface area contributed by atoms with Gasteiger partial charge >= 0.3 is 0 Å². The van der Waals surface area contributed by atoms with Crippen LogP contribution < -0.4 is 25.8 Å². The maximum absolute atomic E-state index is 14.7. The predicted octanol–water partition coefficient (Wildman–Crippen LogP) is 4.17. The fraction of sp³-hybridized carbons (Fsp3) is 0.130. The van der Waals surface area contributed by atoms with Crippen molar-refractivity contribution < 1.29 is 18.7 Å². The molecule has 4 aromatic rings. The smallest absolute Gasteiger partial charge is 0.252 e. The molecule has 0 saturated carbocycles. The number of pyridine rings is 1. The van der Waals surface area contributed by atoms with Gasteiger partial charge in [-0.25, -0.2) is 9.37 Å². The van der Waals surface area contributed by atoms with E-state index in [0.717, 1.165) is 22.7 Å². The van der Waals surface area contributed by atoms with Gasteiger partial charge in [0, 0.05) is 35.1 Å². The van der Waals surface area contributed by atoms with Crippen LogP contribution in [0.15, 0.2) is 54.6 Å². The molecular weight excluding hydrogens is 413 g/mol. The molecule has 2 aromatic heterocycles. The van der Waals surface area contributed by atoms with Crippen LogP contribution >= 0.6 is 0 Å². The molecule has 0 spiro atoms. The summed E-state index contributed by atoms with van der Waals surface area (Å²) >= 11 is 0. The molecule has 0 radical (unpaired) electrons. The summed E-state index contributed by atoms with van der Waals surface area (Å²) in [4.78, 5) is 19.4. The lowest BCUT2D eigenvalue weighted by Gasteiger charge is -2.14. The zero-order valence-corrected chi connectivity index (χ0v) is 17.5. The molecule has 0 aliphatic heterocycles. The number of anilines is 3. The highest BCUT2D eigenvalue weighted by Gasteiger charge is 2.17. The molecule has 32 heavy (non-hydrogen) atoms. The molecule has 2 heterocycles. The topological polar surface area (TPSA) is 114 Å². The number of carbonyl (C=O) groups is 1. The molecule has 0 aliphatic rings. The number of nitrogens with zero attached hydrogens (tertiary/aromatic N) is 1. The SMILES string of the molecule is COc1cc(Nc2nc(NCc3cc4ccccc4[nH]3)c(F)cc2C(N)=O)cc(OC)c1. The number of nitrogens with two attached hydrogens (primary N) is 1. The van der Waals surface area contributed by atoms with E-state index in [-0.39, 0.29) is 17.2 Å². The Morgan fingerprint density at radius 2 is 1.78 bits per heavy atom. The Balaban J connectivity index is 1.63. The van der Waals surface area contributed by atoms with E-state index in [2.05, 4.69) is 20.6 Å². The molecule has 0 unspecified atom stereocenters. The van der Waals surface area contributed by atoms with E-state index in [1.807, 2.05) is 30.3 Å². The Bertz CT molecular complexity index is 1230. The first kappa shape index (κ1) is 21.0. The summed E-state index contributed by atoms with van der Waals surface area (Å²) in [6.07, 6.45) is 0. The van der Waals surface area contributed by atoms with Gasteiger partial charge in [0.05, 0.1) is 26.3 Å². The first-order valence-corrected chi connectivity index (χ1v) is 9.77. The van der Waals surface area contributed by atoms with Gasteiger partial charge in [-0.3, -0.25) is 4.79 Å². The third-order valence-corrected chi connectivity index (χ3v) is 4.89. The van der Waals surface area contributed by atoms with E-state index < -0.39 is 11.7 Å². The van der Waals surface area contributed by atoms with Gasteiger partial charge in [0.1, 0.15) is 17.3 Å². The number of aromatic amines is 1. The molecule has 8 nitrogen and oxygen atoms in total. The minimum Gasteiger partial charge on any atom is -0.497 e. The molecule has 0 fully saturated rings. The van der Waals surface area contributed by atoms with E-state index >= 15 is 0 Å². The van der Waals surface area contributed by atoms with E-state index in [9.17, 15) is 9.18 Å². The maximum atomic E-state index is 14.7. The molecule has 5 N–H and O–H groups in total. The second-order valence-electron chi connectivity index (χ2n) is 7.04. The van der Waals surface area contributed by atoms with Crippen LogP contribution in [0.5, 0.6) is 11.5 Å². The Kier molecular flexibility index (Phi) is 5.80. The summed E-state index contributed by atoms with van der Waals surface area (Å²) in [7, 11) is 3.05. The molecule has 164 valence electrons. The van der Waals surface area contributed by atoms with E-state index in [1.54, 1.807) is 18.2 Å². The molecule has 0 aliphatic carbocycles. The number of fused-ring (bicyclic) bond motifs is 1. The molecule has 1 amide bonds. The average Bonchev–Trinajstić information content (AvgIpc) is 3.21. The number of halogens is 1. The van der Waals surface area contributed by atoms with Gasteiger partial charge in [0.25, 0.3) is 5.91 Å². The molecule has 2 aromatic carbocycles. The highest BCUT2D eigenvalue weighted by molar-refractivity contribution is 5.98. The summed E-state index contributed by atoms with van der Waals surface area (Å²) in [6.45, 7) is 0.306. The monoisotopic (exact) mass is 435 g/mol. The minimum atomic E-state index is -0.809. The van der Waals surface area contributed by atoms with Crippen molar-refractivity contribution in [1.82, 2.24) is 9.97 Å². The number of primary amides is 1. The van der Waals surface area contributed by atoms with Gasteiger partial charge in [0.2, 0.25) is 0 Å². The third-order valence-electron chi connectivity index (χ3n) is 4.89. The lowest BCUT2D eigenvalue weighted by molar-refractivity contribution is 0.100. The minimum absolute atomic E-state index is 0.0222. The second kappa shape index (κ2) is 8.84. The summed E-state index contributed by atoms with van der Waals surface area (Å²) in [5.74, 6) is -0.350. The first-order valence-electron chi connectivity index (χ1n) is 9.77. The molecule has 9 heteroatoms. The summed E-state index contributed by atoms with van der Waals surface area (Å²) in [5, 5.41) is 7.02. The van der Waals surface area contributed by atoms with Crippen LogP contribution in [0.2, 0.25) is 0 Å². The molecular formula is C23H22FN5O3. The Hall–Kier alpha value is -4.27. The quantitative estimate of drug-likeness (QED) is 0.330. The van der Waals surface area contributed by atoms with Crippen molar-refractivity contribution >= 4 is 34.1 Å². The van der Waals surface area contributed by atoms with Crippen LogP contribution in [0.25, 0.3) is 10.9 Å². The first-order chi connectivity index (χ1) is 15.5. The zero-order chi connectivity index (χ0) is 22.7. The number of carbonyl (C=O) groups excluding carboxylic acids is 1. The lowest BCUT2D eigenvalue weighted by Crippen LogP contribution is -2.16. The van der Waals surface area contributed by atoms with Gasteiger partial charge in [-0.2, -0.15) is 0 Å². The van der Waals surface area contributed by atoms with Gasteiger partial charge < -0.3 is 30.8 Å². The van der Waals surface area contributed by atoms with Crippen LogP contribution in [0.3, 0.4) is 0 Å². The summed E-state index contributed by atoms with van der Waals surface area (Å²) < 4.78 is 25.2. The van der Waals surface area contributed by atoms with Crippen LogP contribution in [-0.2, 0) is 6.54 Å². The van der Waals surface area contributed by atoms with Gasteiger partial charge in [-0.05, 0) is 23.6 Å². The van der Waals surface area contributed by atoms with Gasteiger partial charge in [-0.15, -0.1) is 0 Å². The van der Waals surface area contributed by atoms with Crippen LogP contribution in [0, 0.1) is 5.82 Å². The lowest BCUT2D eigenvalue weighted by atomic mass is 10.2. The number of methoxy groups -OCH3 is 2. The maximum Gasteiger partial charge on any atom is 0.252 e. The van der Waals surface area contributed by atoms with Gasteiger partial charge in [0.15, 0.2) is 11.6 Å². The van der Waals surface area contributed by atoms with Crippen molar-refractivity contribution in [2.45, 2.75) is 6.54 Å². The van der Waals surface area contributed by atoms with Crippen molar-refractivity contribution in [1.29, 1.82) is 0 Å². The van der Waals surface area contributed by atoms with Crippen molar-refractivity contribution in [3.63, 3.8) is 0 Å². The largest absolute Gasteiger partial charge is 0.497 e. The molecule has 0 saturated heterocycles. The number of nitrogens with one attached hydrogen (secondary N) is 3. The normalized spacial score (nSPS) is 10.7. The number of amides is 1. The molecule has 0 bridgehead atoms. The third kappa shape index (κ3) is 4.41. The number of aromatic nitrogens is 2. The van der Waals surface area contributed by atoms with E-state index in [1.165, 1.54) is 14.2 Å². The zero-order valence-electron chi connectivity index (χ0n) is 17.5. The molecule has 4 rings (SSSR count). The van der Waals surface area contributed by atoms with Crippen molar-refractivity contribution in [2.75, 3.05) is 24.9 Å². The predicted molar refractivity (Wildman–Crippen MR) is 121 cm³/mol. The fourth-order valence-corrected chi connectivity index (χ4v) is 3.32. The van der Waals surface area contributed by atoms with E-state index in [4.69, 9.17) is 15.2 Å². The second-order valence-corrected chi connectivity index (χ2v) is 7.04. The van der Waals surface area contributed by atoms with Crippen molar-refractivity contribution in [3.05, 3.63) is 71.7 Å². The number of ether oxygens (including phenoxy) is 2. The average molecular weight is 435 g/mol. The summed E-state index contributed by atoms with van der Waals surface area (Å²) in [6, 6.07) is 15.9. The Morgan fingerprint density at radius 3 is 2.44 bits per heavy atom. The summed E-state index contributed by atoms with van der Waals surface area (Å²) in [5.41, 5.74) is 7.74. The number of H-pyrrole nitrogens is 1. The Labute approximate surface area is 183 Å². The van der Waals surface area contributed by atoms with Crippen LogP contribution in [0.1, 0.15) is 16.1 Å². The standard InChI is InChI=1S/C23H22FN5O3/c1-31-16-8-14(9-17(10-16)32-2)28-22-18(21(25)30)11-19(24)23(29-22)26-12-15-7-13-5-3-4-6-20(13)27-15/h3-11,27H,12H2,1-2H3,(H2,25,30)(H2,26,28,29). The fourth-order valence-electron chi connectivity index (χ4n) is 3.32. The van der Waals surface area contributed by atoms with Gasteiger partial charge in [-0.1, -0.05) is 18.2 Å². The van der Waals surface area contributed by atoms with E-state index in [0.29, 0.717) is 23.7 Å². The highest BCUT2D eigenvalue weighted by Crippen LogP contribution is 2.30. The molecule has 0 atom stereocenters.